The zero-order valence-electron chi connectivity index (χ0n) is 11.5. The molecule has 0 amide bonds. The van der Waals surface area contributed by atoms with Gasteiger partial charge in [-0.05, 0) is 44.5 Å². The minimum Gasteiger partial charge on any atom is -0.462 e. The average molecular weight is 311 g/mol. The van der Waals surface area contributed by atoms with E-state index < -0.39 is 0 Å². The van der Waals surface area contributed by atoms with Crippen LogP contribution in [0.1, 0.15) is 27.9 Å². The maximum absolute atomic E-state index is 11.7. The Kier molecular flexibility index (Phi) is 4.62. The largest absolute Gasteiger partial charge is 0.462 e. The molecule has 6 heteroatoms. The third-order valence-electron chi connectivity index (χ3n) is 2.69. The molecular formula is C14H15ClN2O2S. The highest BCUT2D eigenvalue weighted by Gasteiger charge is 2.16. The van der Waals surface area contributed by atoms with Gasteiger partial charge < -0.3 is 10.1 Å². The number of ether oxygens (including phenoxy) is 1. The lowest BCUT2D eigenvalue weighted by atomic mass is 10.2. The molecule has 106 valence electrons. The van der Waals surface area contributed by atoms with Crippen molar-refractivity contribution in [1.29, 1.82) is 0 Å². The number of anilines is 2. The van der Waals surface area contributed by atoms with Crippen LogP contribution in [0.15, 0.2) is 18.2 Å². The van der Waals surface area contributed by atoms with Crippen LogP contribution in [0, 0.1) is 13.8 Å². The Morgan fingerprint density at radius 1 is 1.45 bits per heavy atom. The molecule has 0 fully saturated rings. The fourth-order valence-corrected chi connectivity index (χ4v) is 2.82. The molecule has 4 nitrogen and oxygen atoms in total. The van der Waals surface area contributed by atoms with Gasteiger partial charge in [0.05, 0.1) is 12.3 Å². The van der Waals surface area contributed by atoms with Crippen LogP contribution >= 0.6 is 22.9 Å². The van der Waals surface area contributed by atoms with Gasteiger partial charge in [0.15, 0.2) is 5.13 Å². The Labute approximate surface area is 126 Å². The summed E-state index contributed by atoms with van der Waals surface area (Å²) >= 11 is 7.21. The van der Waals surface area contributed by atoms with E-state index in [-0.39, 0.29) is 5.97 Å². The van der Waals surface area contributed by atoms with Crippen molar-refractivity contribution in [3.05, 3.63) is 39.4 Å². The molecule has 1 aromatic carbocycles. The molecule has 2 rings (SSSR count). The maximum Gasteiger partial charge on any atom is 0.350 e. The van der Waals surface area contributed by atoms with Crippen LogP contribution in [-0.4, -0.2) is 17.6 Å². The number of carbonyl (C=O) groups is 1. The van der Waals surface area contributed by atoms with Gasteiger partial charge in [0.2, 0.25) is 0 Å². The SMILES string of the molecule is CCOC(=O)c1sc(Nc2ccc(Cl)cc2C)nc1C. The molecule has 0 bridgehead atoms. The summed E-state index contributed by atoms with van der Waals surface area (Å²) in [4.78, 5) is 16.6. The van der Waals surface area contributed by atoms with Crippen molar-refractivity contribution in [2.24, 2.45) is 0 Å². The normalized spacial score (nSPS) is 10.4. The molecular weight excluding hydrogens is 296 g/mol. The first-order valence-corrected chi connectivity index (χ1v) is 7.38. The molecule has 2 aromatic rings. The van der Waals surface area contributed by atoms with E-state index in [0.29, 0.717) is 27.3 Å². The van der Waals surface area contributed by atoms with E-state index in [1.165, 1.54) is 11.3 Å². The average Bonchev–Trinajstić information content (AvgIpc) is 2.74. The van der Waals surface area contributed by atoms with E-state index in [9.17, 15) is 4.79 Å². The lowest BCUT2D eigenvalue weighted by Crippen LogP contribution is -2.03. The predicted octanol–water partition coefficient (Wildman–Crippen LogP) is 4.33. The summed E-state index contributed by atoms with van der Waals surface area (Å²) in [5, 5.41) is 4.55. The van der Waals surface area contributed by atoms with E-state index in [1.54, 1.807) is 13.8 Å². The molecule has 1 heterocycles. The molecule has 1 aromatic heterocycles. The standard InChI is InChI=1S/C14H15ClN2O2S/c1-4-19-13(18)12-9(3)16-14(20-12)17-11-6-5-10(15)7-8(11)2/h5-7H,4H2,1-3H3,(H,16,17). The first-order chi connectivity index (χ1) is 9.51. The van der Waals surface area contributed by atoms with Gasteiger partial charge in [0.25, 0.3) is 0 Å². The van der Waals surface area contributed by atoms with E-state index in [4.69, 9.17) is 16.3 Å². The lowest BCUT2D eigenvalue weighted by molar-refractivity contribution is 0.0531. The van der Waals surface area contributed by atoms with E-state index in [2.05, 4.69) is 10.3 Å². The summed E-state index contributed by atoms with van der Waals surface area (Å²) in [6.07, 6.45) is 0. The number of hydrogen-bond acceptors (Lipinski definition) is 5. The number of rotatable bonds is 4. The van der Waals surface area contributed by atoms with Gasteiger partial charge in [0, 0.05) is 10.7 Å². The summed E-state index contributed by atoms with van der Waals surface area (Å²) < 4.78 is 5.00. The number of nitrogens with one attached hydrogen (secondary N) is 1. The van der Waals surface area contributed by atoms with Crippen molar-refractivity contribution >= 4 is 39.7 Å². The van der Waals surface area contributed by atoms with Gasteiger partial charge >= 0.3 is 5.97 Å². The first-order valence-electron chi connectivity index (χ1n) is 6.19. The highest BCUT2D eigenvalue weighted by Crippen LogP contribution is 2.28. The number of thiazole rings is 1. The fraction of sp³-hybridized carbons (Fsp3) is 0.286. The Morgan fingerprint density at radius 3 is 2.85 bits per heavy atom. The number of aromatic nitrogens is 1. The van der Waals surface area contributed by atoms with E-state index in [1.807, 2.05) is 25.1 Å². The molecule has 0 unspecified atom stereocenters. The molecule has 0 aliphatic rings. The Hall–Kier alpha value is -1.59. The third-order valence-corrected chi connectivity index (χ3v) is 3.98. The number of nitrogens with zero attached hydrogens (tertiary/aromatic N) is 1. The van der Waals surface area contributed by atoms with Crippen LogP contribution in [0.4, 0.5) is 10.8 Å². The number of esters is 1. The van der Waals surface area contributed by atoms with Crippen LogP contribution in [0.5, 0.6) is 0 Å². The quantitative estimate of drug-likeness (QED) is 0.854. The molecule has 1 N–H and O–H groups in total. The molecule has 0 radical (unpaired) electrons. The second-order valence-corrected chi connectivity index (χ2v) is 5.67. The minimum absolute atomic E-state index is 0.330. The van der Waals surface area contributed by atoms with Crippen LogP contribution in [0.3, 0.4) is 0 Å². The zero-order valence-corrected chi connectivity index (χ0v) is 13.1. The van der Waals surface area contributed by atoms with E-state index >= 15 is 0 Å². The first kappa shape index (κ1) is 14.8. The molecule has 0 saturated heterocycles. The molecule has 0 atom stereocenters. The molecule has 0 aliphatic heterocycles. The Morgan fingerprint density at radius 2 is 2.20 bits per heavy atom. The highest BCUT2D eigenvalue weighted by molar-refractivity contribution is 7.17. The fourth-order valence-electron chi connectivity index (χ4n) is 1.72. The summed E-state index contributed by atoms with van der Waals surface area (Å²) in [5.74, 6) is -0.330. The van der Waals surface area contributed by atoms with Gasteiger partial charge in [-0.1, -0.05) is 22.9 Å². The second kappa shape index (κ2) is 6.24. The molecule has 0 saturated carbocycles. The van der Waals surface area contributed by atoms with Gasteiger partial charge in [-0.3, -0.25) is 0 Å². The topological polar surface area (TPSA) is 51.2 Å². The third kappa shape index (κ3) is 3.29. The van der Waals surface area contributed by atoms with Gasteiger partial charge in [-0.15, -0.1) is 0 Å². The summed E-state index contributed by atoms with van der Waals surface area (Å²) in [6, 6.07) is 5.57. The van der Waals surface area contributed by atoms with Crippen molar-refractivity contribution in [2.45, 2.75) is 20.8 Å². The van der Waals surface area contributed by atoms with Crippen molar-refractivity contribution in [3.8, 4) is 0 Å². The summed E-state index contributed by atoms with van der Waals surface area (Å²) in [7, 11) is 0. The van der Waals surface area contributed by atoms with Crippen molar-refractivity contribution in [1.82, 2.24) is 4.98 Å². The Bertz CT molecular complexity index is 640. The van der Waals surface area contributed by atoms with Crippen molar-refractivity contribution in [3.63, 3.8) is 0 Å². The molecule has 0 spiro atoms. The van der Waals surface area contributed by atoms with Crippen molar-refractivity contribution in [2.75, 3.05) is 11.9 Å². The zero-order chi connectivity index (χ0) is 14.7. The summed E-state index contributed by atoms with van der Waals surface area (Å²) in [5.41, 5.74) is 2.60. The van der Waals surface area contributed by atoms with Crippen molar-refractivity contribution < 1.29 is 9.53 Å². The molecule has 0 aliphatic carbocycles. The number of halogens is 1. The van der Waals surface area contributed by atoms with Gasteiger partial charge in [-0.25, -0.2) is 9.78 Å². The predicted molar refractivity (Wildman–Crippen MR) is 82.3 cm³/mol. The van der Waals surface area contributed by atoms with Crippen LogP contribution in [0.2, 0.25) is 5.02 Å². The summed E-state index contributed by atoms with van der Waals surface area (Å²) in [6.45, 7) is 5.89. The monoisotopic (exact) mass is 310 g/mol. The van der Waals surface area contributed by atoms with Crippen LogP contribution in [0.25, 0.3) is 0 Å². The second-order valence-electron chi connectivity index (χ2n) is 4.24. The molecule has 20 heavy (non-hydrogen) atoms. The Balaban J connectivity index is 2.22. The van der Waals surface area contributed by atoms with Gasteiger partial charge in [-0.2, -0.15) is 0 Å². The van der Waals surface area contributed by atoms with Crippen LogP contribution < -0.4 is 5.32 Å². The number of aryl methyl sites for hydroxylation is 2. The number of carbonyl (C=O) groups excluding carboxylic acids is 1. The maximum atomic E-state index is 11.7. The highest BCUT2D eigenvalue weighted by atomic mass is 35.5. The van der Waals surface area contributed by atoms with Gasteiger partial charge in [0.1, 0.15) is 4.88 Å². The van der Waals surface area contributed by atoms with E-state index in [0.717, 1.165) is 11.3 Å². The number of hydrogen-bond donors (Lipinski definition) is 1. The smallest absolute Gasteiger partial charge is 0.350 e. The lowest BCUT2D eigenvalue weighted by Gasteiger charge is -2.06. The van der Waals surface area contributed by atoms with Crippen LogP contribution in [-0.2, 0) is 4.74 Å². The number of benzene rings is 1. The minimum atomic E-state index is -0.330.